The van der Waals surface area contributed by atoms with Crippen molar-refractivity contribution >= 4 is 33.2 Å². The van der Waals surface area contributed by atoms with Crippen molar-refractivity contribution in [1.82, 2.24) is 4.98 Å². The van der Waals surface area contributed by atoms with Gasteiger partial charge in [-0.3, -0.25) is 0 Å². The lowest BCUT2D eigenvalue weighted by molar-refractivity contribution is 0.0703. The number of carboxylic acid groups (broad SMARTS) is 1. The number of anilines is 1. The third-order valence-corrected chi connectivity index (χ3v) is 4.41. The zero-order valence-electron chi connectivity index (χ0n) is 12.3. The Balaban J connectivity index is 1.92. The fourth-order valence-corrected chi connectivity index (χ4v) is 3.14. The van der Waals surface area contributed by atoms with Crippen molar-refractivity contribution in [2.24, 2.45) is 0 Å². The van der Waals surface area contributed by atoms with E-state index in [1.165, 1.54) is 0 Å². The van der Waals surface area contributed by atoms with Crippen LogP contribution in [0.5, 0.6) is 11.5 Å². The summed E-state index contributed by atoms with van der Waals surface area (Å²) in [7, 11) is 1.60. The molecule has 2 heterocycles. The first kappa shape index (κ1) is 15.1. The Kier molecular flexibility index (Phi) is 4.03. The monoisotopic (exact) mass is 330 g/mol. The Morgan fingerprint density at radius 3 is 2.96 bits per heavy atom. The second kappa shape index (κ2) is 6.13. The van der Waals surface area contributed by atoms with Crippen molar-refractivity contribution in [3.63, 3.8) is 0 Å². The summed E-state index contributed by atoms with van der Waals surface area (Å²) in [4.78, 5) is 16.0. The molecule has 0 atom stereocenters. The van der Waals surface area contributed by atoms with Gasteiger partial charge in [-0.05, 0) is 23.8 Å². The lowest BCUT2D eigenvalue weighted by Crippen LogP contribution is -1.99. The lowest BCUT2D eigenvalue weighted by Gasteiger charge is -2.09. The second-order valence-electron chi connectivity index (χ2n) is 4.78. The fourth-order valence-electron chi connectivity index (χ4n) is 2.22. The second-order valence-corrected chi connectivity index (χ2v) is 5.78. The molecule has 0 aliphatic carbocycles. The van der Waals surface area contributed by atoms with Crippen molar-refractivity contribution in [3.8, 4) is 11.5 Å². The number of aromatic carboxylic acids is 1. The molecular formula is C16H14N2O4S. The molecule has 0 fully saturated rings. The highest BCUT2D eigenvalue weighted by Gasteiger charge is 2.19. The number of nitrogen functional groups attached to an aromatic ring is 1. The van der Waals surface area contributed by atoms with Gasteiger partial charge in [0.25, 0.3) is 0 Å². The molecular weight excluding hydrogens is 316 g/mol. The number of nitrogens with zero attached hydrogens (tertiary/aromatic N) is 1. The van der Waals surface area contributed by atoms with Crippen molar-refractivity contribution in [1.29, 1.82) is 0 Å². The summed E-state index contributed by atoms with van der Waals surface area (Å²) in [5.74, 6) is 0.192. The van der Waals surface area contributed by atoms with Gasteiger partial charge in [0.15, 0.2) is 0 Å². The highest BCUT2D eigenvalue weighted by molar-refractivity contribution is 7.21. The number of fused-ring (bicyclic) bond motifs is 1. The topological polar surface area (TPSA) is 94.7 Å². The van der Waals surface area contributed by atoms with Gasteiger partial charge in [0.2, 0.25) is 0 Å². The molecule has 3 rings (SSSR count). The zero-order chi connectivity index (χ0) is 16.4. The third-order valence-electron chi connectivity index (χ3n) is 3.31. The lowest BCUT2D eigenvalue weighted by atomic mass is 10.2. The largest absolute Gasteiger partial charge is 0.497 e. The van der Waals surface area contributed by atoms with E-state index in [4.69, 9.17) is 15.2 Å². The minimum atomic E-state index is -1.07. The maximum Gasteiger partial charge on any atom is 0.348 e. The first-order valence-electron chi connectivity index (χ1n) is 6.76. The number of hydrogen-bond acceptors (Lipinski definition) is 6. The Bertz CT molecular complexity index is 876. The standard InChI is InChI=1S/C16H14N2O4S/c1-21-10-4-2-3-9(7-10)8-22-11-5-6-18-15-12(11)13(17)14(23-15)16(19)20/h2-7H,8,17H2,1H3,(H,19,20). The molecule has 3 N–H and O–H groups in total. The first-order valence-corrected chi connectivity index (χ1v) is 7.58. The molecule has 0 radical (unpaired) electrons. The third kappa shape index (κ3) is 2.91. The van der Waals surface area contributed by atoms with Crippen LogP contribution in [0.4, 0.5) is 5.69 Å². The quantitative estimate of drug-likeness (QED) is 0.746. The molecule has 0 aliphatic rings. The maximum absolute atomic E-state index is 11.2. The van der Waals surface area contributed by atoms with Crippen molar-refractivity contribution in [2.75, 3.05) is 12.8 Å². The number of benzene rings is 1. The number of rotatable bonds is 5. The van der Waals surface area contributed by atoms with Crippen molar-refractivity contribution in [2.45, 2.75) is 6.61 Å². The molecule has 23 heavy (non-hydrogen) atoms. The van der Waals surface area contributed by atoms with Crippen LogP contribution in [0.2, 0.25) is 0 Å². The average molecular weight is 330 g/mol. The van der Waals surface area contributed by atoms with E-state index < -0.39 is 5.97 Å². The van der Waals surface area contributed by atoms with Gasteiger partial charge in [0.05, 0.1) is 18.2 Å². The van der Waals surface area contributed by atoms with Crippen LogP contribution in [0, 0.1) is 0 Å². The average Bonchev–Trinajstić information content (AvgIpc) is 2.91. The molecule has 3 aromatic rings. The van der Waals surface area contributed by atoms with Crippen molar-refractivity contribution < 1.29 is 19.4 Å². The fraction of sp³-hybridized carbons (Fsp3) is 0.125. The number of ether oxygens (including phenoxy) is 2. The number of pyridine rings is 1. The molecule has 0 saturated heterocycles. The molecule has 118 valence electrons. The maximum atomic E-state index is 11.2. The number of aromatic nitrogens is 1. The van der Waals surface area contributed by atoms with Gasteiger partial charge in [-0.2, -0.15) is 0 Å². The molecule has 0 amide bonds. The Morgan fingerprint density at radius 2 is 2.22 bits per heavy atom. The van der Waals surface area contributed by atoms with Gasteiger partial charge < -0.3 is 20.3 Å². The molecule has 0 saturated carbocycles. The molecule has 2 aromatic heterocycles. The van der Waals surface area contributed by atoms with Crippen LogP contribution < -0.4 is 15.2 Å². The molecule has 7 heteroatoms. The van der Waals surface area contributed by atoms with E-state index in [1.54, 1.807) is 19.4 Å². The van der Waals surface area contributed by atoms with Crippen LogP contribution in [0.3, 0.4) is 0 Å². The zero-order valence-corrected chi connectivity index (χ0v) is 13.1. The number of carboxylic acids is 1. The highest BCUT2D eigenvalue weighted by Crippen LogP contribution is 2.38. The summed E-state index contributed by atoms with van der Waals surface area (Å²) in [6.07, 6.45) is 1.57. The van der Waals surface area contributed by atoms with Crippen molar-refractivity contribution in [3.05, 3.63) is 47.0 Å². The normalized spacial score (nSPS) is 10.7. The van der Waals surface area contributed by atoms with Gasteiger partial charge in [-0.15, -0.1) is 11.3 Å². The summed E-state index contributed by atoms with van der Waals surface area (Å²) in [6.45, 7) is 0.313. The van der Waals surface area contributed by atoms with Gasteiger partial charge in [0.1, 0.15) is 27.8 Å². The number of nitrogens with two attached hydrogens (primary N) is 1. The van der Waals surface area contributed by atoms with Gasteiger partial charge >= 0.3 is 5.97 Å². The molecule has 0 aliphatic heterocycles. The minimum absolute atomic E-state index is 0.0740. The minimum Gasteiger partial charge on any atom is -0.497 e. The predicted octanol–water partition coefficient (Wildman–Crippen LogP) is 3.16. The highest BCUT2D eigenvalue weighted by atomic mass is 32.1. The Labute approximate surface area is 136 Å². The van der Waals surface area contributed by atoms with Gasteiger partial charge in [0, 0.05) is 6.20 Å². The Hall–Kier alpha value is -2.80. The van der Waals surface area contributed by atoms with E-state index in [0.29, 0.717) is 22.6 Å². The van der Waals surface area contributed by atoms with Crippen LogP contribution in [0.1, 0.15) is 15.2 Å². The summed E-state index contributed by atoms with van der Waals surface area (Å²) in [6, 6.07) is 9.20. The molecule has 0 bridgehead atoms. The van der Waals surface area contributed by atoms with Crippen LogP contribution in [0.15, 0.2) is 36.5 Å². The van der Waals surface area contributed by atoms with Gasteiger partial charge in [-0.25, -0.2) is 9.78 Å². The summed E-state index contributed by atoms with van der Waals surface area (Å²) < 4.78 is 11.0. The van der Waals surface area contributed by atoms with E-state index in [0.717, 1.165) is 22.6 Å². The Morgan fingerprint density at radius 1 is 1.39 bits per heavy atom. The summed E-state index contributed by atoms with van der Waals surface area (Å²) in [5, 5.41) is 9.71. The number of methoxy groups -OCH3 is 1. The SMILES string of the molecule is COc1cccc(COc2ccnc3sc(C(=O)O)c(N)c23)c1. The first-order chi connectivity index (χ1) is 11.1. The molecule has 0 spiro atoms. The van der Waals surface area contributed by atoms with Crippen LogP contribution in [0.25, 0.3) is 10.2 Å². The number of hydrogen-bond donors (Lipinski definition) is 2. The van der Waals surface area contributed by atoms with E-state index in [-0.39, 0.29) is 10.6 Å². The van der Waals surface area contributed by atoms with Gasteiger partial charge in [-0.1, -0.05) is 12.1 Å². The van der Waals surface area contributed by atoms with Crippen LogP contribution in [-0.2, 0) is 6.61 Å². The number of carbonyl (C=O) groups is 1. The summed E-state index contributed by atoms with van der Waals surface area (Å²) >= 11 is 1.04. The molecule has 0 unspecified atom stereocenters. The van der Waals surface area contributed by atoms with Crippen LogP contribution >= 0.6 is 11.3 Å². The smallest absolute Gasteiger partial charge is 0.348 e. The predicted molar refractivity (Wildman–Crippen MR) is 88.3 cm³/mol. The molecule has 6 nitrogen and oxygen atoms in total. The van der Waals surface area contributed by atoms with E-state index in [1.807, 2.05) is 24.3 Å². The van der Waals surface area contributed by atoms with E-state index >= 15 is 0 Å². The summed E-state index contributed by atoms with van der Waals surface area (Å²) in [5.41, 5.74) is 7.06. The molecule has 1 aromatic carbocycles. The number of thiophene rings is 1. The van der Waals surface area contributed by atoms with Crippen LogP contribution in [-0.4, -0.2) is 23.2 Å². The van der Waals surface area contributed by atoms with E-state index in [2.05, 4.69) is 4.98 Å². The van der Waals surface area contributed by atoms with E-state index in [9.17, 15) is 9.90 Å².